The summed E-state index contributed by atoms with van der Waals surface area (Å²) in [5, 5.41) is 3.64. The lowest BCUT2D eigenvalue weighted by atomic mass is 9.97. The molecule has 0 aliphatic heterocycles. The first-order valence-corrected chi connectivity index (χ1v) is 7.85. The number of hydrogen-bond acceptors (Lipinski definition) is 2. The van der Waals surface area contributed by atoms with Crippen molar-refractivity contribution >= 4 is 5.69 Å². The Balaban J connectivity index is 1.79. The Morgan fingerprint density at radius 2 is 1.90 bits per heavy atom. The maximum absolute atomic E-state index is 3.64. The molecule has 1 N–H and O–H groups in total. The molecule has 2 rings (SSSR count). The van der Waals surface area contributed by atoms with Crippen LogP contribution in [0.3, 0.4) is 0 Å². The second-order valence-electron chi connectivity index (χ2n) is 6.02. The van der Waals surface area contributed by atoms with Gasteiger partial charge < -0.3 is 10.2 Å². The lowest BCUT2D eigenvalue weighted by Gasteiger charge is -2.18. The molecule has 1 atom stereocenters. The Hall–Kier alpha value is -1.28. The molecular weight excluding hydrogens is 244 g/mol. The topological polar surface area (TPSA) is 15.3 Å². The van der Waals surface area contributed by atoms with Crippen molar-refractivity contribution in [2.45, 2.75) is 45.1 Å². The van der Waals surface area contributed by atoms with Gasteiger partial charge in [0.2, 0.25) is 0 Å². The maximum atomic E-state index is 3.64. The zero-order valence-electron chi connectivity index (χ0n) is 13.2. The average Bonchev–Trinajstić information content (AvgIpc) is 2.48. The third-order valence-corrected chi connectivity index (χ3v) is 4.19. The van der Waals surface area contributed by atoms with Crippen molar-refractivity contribution in [1.82, 2.24) is 5.32 Å². The van der Waals surface area contributed by atoms with Gasteiger partial charge in [0.15, 0.2) is 0 Å². The summed E-state index contributed by atoms with van der Waals surface area (Å²) in [6.07, 6.45) is 9.02. The van der Waals surface area contributed by atoms with Gasteiger partial charge in [-0.25, -0.2) is 0 Å². The minimum absolute atomic E-state index is 0.426. The van der Waals surface area contributed by atoms with Crippen molar-refractivity contribution < 1.29 is 0 Å². The normalized spacial score (nSPS) is 16.6. The first-order valence-electron chi connectivity index (χ1n) is 7.85. The molecule has 0 fully saturated rings. The Morgan fingerprint density at radius 3 is 2.50 bits per heavy atom. The minimum Gasteiger partial charge on any atom is -0.378 e. The van der Waals surface area contributed by atoms with Crippen LogP contribution in [0.25, 0.3) is 0 Å². The summed E-state index contributed by atoms with van der Waals surface area (Å²) in [6.45, 7) is 3.34. The van der Waals surface area contributed by atoms with E-state index in [4.69, 9.17) is 0 Å². The number of hydrogen-bond donors (Lipinski definition) is 1. The second kappa shape index (κ2) is 7.49. The number of allylic oxidation sites excluding steroid dienone is 1. The molecule has 0 spiro atoms. The molecule has 20 heavy (non-hydrogen) atoms. The number of rotatable bonds is 6. The van der Waals surface area contributed by atoms with Crippen molar-refractivity contribution in [3.8, 4) is 0 Å². The van der Waals surface area contributed by atoms with Gasteiger partial charge in [0.05, 0.1) is 0 Å². The van der Waals surface area contributed by atoms with Gasteiger partial charge in [-0.2, -0.15) is 0 Å². The van der Waals surface area contributed by atoms with E-state index in [2.05, 4.69) is 61.6 Å². The van der Waals surface area contributed by atoms with Crippen LogP contribution in [0.1, 0.15) is 50.6 Å². The third-order valence-electron chi connectivity index (χ3n) is 4.19. The van der Waals surface area contributed by atoms with Crippen LogP contribution < -0.4 is 10.2 Å². The van der Waals surface area contributed by atoms with Crippen molar-refractivity contribution in [2.24, 2.45) is 0 Å². The van der Waals surface area contributed by atoms with Crippen LogP contribution >= 0.6 is 0 Å². The molecule has 0 saturated heterocycles. The van der Waals surface area contributed by atoms with Crippen LogP contribution in [0.4, 0.5) is 5.69 Å². The fourth-order valence-electron chi connectivity index (χ4n) is 2.76. The summed E-state index contributed by atoms with van der Waals surface area (Å²) in [6, 6.07) is 9.27. The molecule has 1 aromatic carbocycles. The molecule has 1 aliphatic carbocycles. The van der Waals surface area contributed by atoms with E-state index in [9.17, 15) is 0 Å². The van der Waals surface area contributed by atoms with Crippen LogP contribution in [0.5, 0.6) is 0 Å². The van der Waals surface area contributed by atoms with Crippen LogP contribution in [-0.2, 0) is 0 Å². The lowest BCUT2D eigenvalue weighted by molar-refractivity contribution is 0.562. The third kappa shape index (κ3) is 4.38. The Labute approximate surface area is 123 Å². The minimum atomic E-state index is 0.426. The summed E-state index contributed by atoms with van der Waals surface area (Å²) < 4.78 is 0. The summed E-state index contributed by atoms with van der Waals surface area (Å²) in [5.74, 6) is 0. The van der Waals surface area contributed by atoms with Gasteiger partial charge in [-0.3, -0.25) is 0 Å². The summed E-state index contributed by atoms with van der Waals surface area (Å²) in [5.41, 5.74) is 4.28. The molecule has 110 valence electrons. The predicted molar refractivity (Wildman–Crippen MR) is 88.4 cm³/mol. The molecule has 0 bridgehead atoms. The number of benzene rings is 1. The molecular formula is C18H28N2. The number of nitrogens with one attached hydrogen (secondary N) is 1. The highest BCUT2D eigenvalue weighted by Gasteiger charge is 2.07. The Bertz CT molecular complexity index is 431. The fraction of sp³-hybridized carbons (Fsp3) is 0.556. The van der Waals surface area contributed by atoms with Crippen LogP contribution in [0.15, 0.2) is 35.9 Å². The van der Waals surface area contributed by atoms with Gasteiger partial charge in [0.1, 0.15) is 0 Å². The van der Waals surface area contributed by atoms with E-state index in [1.54, 1.807) is 5.57 Å². The lowest BCUT2D eigenvalue weighted by Crippen LogP contribution is -2.20. The SMILES string of the molecule is CC(NCCC1=CCCCC1)c1ccc(N(C)C)cc1. The van der Waals surface area contributed by atoms with Crippen molar-refractivity contribution in [3.63, 3.8) is 0 Å². The quantitative estimate of drug-likeness (QED) is 0.777. The summed E-state index contributed by atoms with van der Waals surface area (Å²) in [4.78, 5) is 2.14. The molecule has 2 nitrogen and oxygen atoms in total. The van der Waals surface area contributed by atoms with Gasteiger partial charge in [0, 0.05) is 25.8 Å². The molecule has 0 aromatic heterocycles. The van der Waals surface area contributed by atoms with Crippen molar-refractivity contribution in [1.29, 1.82) is 0 Å². The highest BCUT2D eigenvalue weighted by Crippen LogP contribution is 2.21. The van der Waals surface area contributed by atoms with E-state index in [-0.39, 0.29) is 0 Å². The van der Waals surface area contributed by atoms with Gasteiger partial charge in [-0.15, -0.1) is 0 Å². The molecule has 1 unspecified atom stereocenters. The summed E-state index contributed by atoms with van der Waals surface area (Å²) in [7, 11) is 4.16. The Morgan fingerprint density at radius 1 is 1.15 bits per heavy atom. The van der Waals surface area contributed by atoms with E-state index < -0.39 is 0 Å². The van der Waals surface area contributed by atoms with Gasteiger partial charge in [-0.1, -0.05) is 23.8 Å². The number of anilines is 1. The smallest absolute Gasteiger partial charge is 0.0361 e. The molecule has 2 heteroatoms. The van der Waals surface area contributed by atoms with E-state index in [0.717, 1.165) is 6.54 Å². The number of nitrogens with zero attached hydrogens (tertiary/aromatic N) is 1. The Kier molecular flexibility index (Phi) is 5.66. The van der Waals surface area contributed by atoms with E-state index in [1.165, 1.54) is 43.4 Å². The largest absolute Gasteiger partial charge is 0.378 e. The van der Waals surface area contributed by atoms with Gasteiger partial charge in [-0.05, 0) is 63.3 Å². The van der Waals surface area contributed by atoms with Crippen LogP contribution in [0.2, 0.25) is 0 Å². The highest BCUT2D eigenvalue weighted by atomic mass is 15.1. The van der Waals surface area contributed by atoms with E-state index in [1.807, 2.05) is 0 Å². The van der Waals surface area contributed by atoms with E-state index in [0.29, 0.717) is 6.04 Å². The van der Waals surface area contributed by atoms with Gasteiger partial charge in [0.25, 0.3) is 0 Å². The predicted octanol–water partition coefficient (Wildman–Crippen LogP) is 4.29. The van der Waals surface area contributed by atoms with Gasteiger partial charge >= 0.3 is 0 Å². The molecule has 1 aromatic rings. The second-order valence-corrected chi connectivity index (χ2v) is 6.02. The first kappa shape index (κ1) is 15.1. The van der Waals surface area contributed by atoms with Crippen molar-refractivity contribution in [3.05, 3.63) is 41.5 Å². The first-order chi connectivity index (χ1) is 9.66. The molecule has 0 heterocycles. The monoisotopic (exact) mass is 272 g/mol. The van der Waals surface area contributed by atoms with E-state index >= 15 is 0 Å². The molecule has 0 amide bonds. The molecule has 0 saturated carbocycles. The zero-order valence-corrected chi connectivity index (χ0v) is 13.2. The maximum Gasteiger partial charge on any atom is 0.0361 e. The van der Waals surface area contributed by atoms with Crippen molar-refractivity contribution in [2.75, 3.05) is 25.5 Å². The fourth-order valence-corrected chi connectivity index (χ4v) is 2.76. The summed E-state index contributed by atoms with van der Waals surface area (Å²) >= 11 is 0. The molecule has 0 radical (unpaired) electrons. The molecule has 1 aliphatic rings. The standard InChI is InChI=1S/C18H28N2/c1-15(17-9-11-18(12-10-17)20(2)3)19-14-13-16-7-5-4-6-8-16/h7,9-12,15,19H,4-6,8,13-14H2,1-3H3. The highest BCUT2D eigenvalue weighted by molar-refractivity contribution is 5.46. The zero-order chi connectivity index (χ0) is 14.4. The average molecular weight is 272 g/mol. The van der Waals surface area contributed by atoms with Crippen LogP contribution in [0, 0.1) is 0 Å². The van der Waals surface area contributed by atoms with Crippen LogP contribution in [-0.4, -0.2) is 20.6 Å².